The molecule has 0 bridgehead atoms. The average Bonchev–Trinajstić information content (AvgIpc) is 2.27. The van der Waals surface area contributed by atoms with Crippen LogP contribution in [-0.2, 0) is 9.53 Å². The van der Waals surface area contributed by atoms with Crippen LogP contribution in [-0.4, -0.2) is 80.9 Å². The van der Waals surface area contributed by atoms with Gasteiger partial charge in [0, 0.05) is 20.7 Å². The molecule has 1 atom stereocenters. The molecule has 0 radical (unpaired) electrons. The highest BCUT2D eigenvalue weighted by Gasteiger charge is 2.21. The first kappa shape index (κ1) is 16.7. The molecule has 0 aliphatic carbocycles. The van der Waals surface area contributed by atoms with Gasteiger partial charge in [0.05, 0.1) is 6.61 Å². The highest BCUT2D eigenvalue weighted by Crippen LogP contribution is 1.93. The molecule has 18 heavy (non-hydrogen) atoms. The second kappa shape index (κ2) is 8.71. The SMILES string of the molecule is COCC(NC(=O)N(C)CCCN(C)C)C(=O)O. The van der Waals surface area contributed by atoms with E-state index in [1.807, 2.05) is 19.0 Å². The number of carbonyl (C=O) groups is 2. The lowest BCUT2D eigenvalue weighted by atomic mass is 10.3. The van der Waals surface area contributed by atoms with E-state index in [0.29, 0.717) is 6.54 Å². The summed E-state index contributed by atoms with van der Waals surface area (Å²) in [5.74, 6) is -1.10. The number of carboxylic acid groups (broad SMARTS) is 1. The lowest BCUT2D eigenvalue weighted by Gasteiger charge is -2.21. The van der Waals surface area contributed by atoms with E-state index in [0.717, 1.165) is 13.0 Å². The van der Waals surface area contributed by atoms with Crippen molar-refractivity contribution in [1.82, 2.24) is 15.1 Å². The van der Waals surface area contributed by atoms with Gasteiger partial charge < -0.3 is 25.0 Å². The molecule has 0 aliphatic rings. The fourth-order valence-corrected chi connectivity index (χ4v) is 1.33. The van der Waals surface area contributed by atoms with Crippen LogP contribution < -0.4 is 5.32 Å². The number of rotatable bonds is 8. The second-order valence-corrected chi connectivity index (χ2v) is 4.37. The van der Waals surface area contributed by atoms with Crippen molar-refractivity contribution in [1.29, 1.82) is 0 Å². The molecular formula is C11H23N3O4. The Morgan fingerprint density at radius 1 is 1.28 bits per heavy atom. The summed E-state index contributed by atoms with van der Waals surface area (Å²) in [5.41, 5.74) is 0. The van der Waals surface area contributed by atoms with Gasteiger partial charge in [0.1, 0.15) is 0 Å². The minimum atomic E-state index is -1.10. The second-order valence-electron chi connectivity index (χ2n) is 4.37. The Bertz CT molecular complexity index is 271. The van der Waals surface area contributed by atoms with Crippen LogP contribution in [0.4, 0.5) is 4.79 Å². The normalized spacial score (nSPS) is 12.3. The first-order valence-electron chi connectivity index (χ1n) is 5.76. The lowest BCUT2D eigenvalue weighted by Crippen LogP contribution is -2.49. The minimum Gasteiger partial charge on any atom is -0.480 e. The fraction of sp³-hybridized carbons (Fsp3) is 0.818. The molecular weight excluding hydrogens is 238 g/mol. The van der Waals surface area contributed by atoms with Crippen LogP contribution in [0, 0.1) is 0 Å². The van der Waals surface area contributed by atoms with Crippen molar-refractivity contribution in [2.45, 2.75) is 12.5 Å². The number of carbonyl (C=O) groups excluding carboxylic acids is 1. The maximum absolute atomic E-state index is 11.7. The van der Waals surface area contributed by atoms with Crippen LogP contribution in [0.15, 0.2) is 0 Å². The van der Waals surface area contributed by atoms with Crippen molar-refractivity contribution in [3.05, 3.63) is 0 Å². The van der Waals surface area contributed by atoms with Crippen LogP contribution in [0.3, 0.4) is 0 Å². The Labute approximate surface area is 108 Å². The Morgan fingerprint density at radius 2 is 1.89 bits per heavy atom. The summed E-state index contributed by atoms with van der Waals surface area (Å²) in [6.45, 7) is 1.40. The molecule has 0 aromatic rings. The Balaban J connectivity index is 4.08. The van der Waals surface area contributed by atoms with Crippen LogP contribution >= 0.6 is 0 Å². The third-order valence-corrected chi connectivity index (χ3v) is 2.37. The topological polar surface area (TPSA) is 82.1 Å². The summed E-state index contributed by atoms with van der Waals surface area (Å²) >= 11 is 0. The maximum Gasteiger partial charge on any atom is 0.328 e. The summed E-state index contributed by atoms with van der Waals surface area (Å²) in [6.07, 6.45) is 0.832. The molecule has 0 aromatic carbocycles. The monoisotopic (exact) mass is 261 g/mol. The first-order chi connectivity index (χ1) is 8.38. The molecule has 106 valence electrons. The molecule has 0 fully saturated rings. The van der Waals surface area contributed by atoms with E-state index in [-0.39, 0.29) is 6.61 Å². The Kier molecular flexibility index (Phi) is 8.06. The molecule has 0 rings (SSSR count). The quantitative estimate of drug-likeness (QED) is 0.626. The first-order valence-corrected chi connectivity index (χ1v) is 5.76. The number of methoxy groups -OCH3 is 1. The minimum absolute atomic E-state index is 0.0490. The average molecular weight is 261 g/mol. The summed E-state index contributed by atoms with van der Waals surface area (Å²) in [7, 11) is 6.94. The third-order valence-electron chi connectivity index (χ3n) is 2.37. The number of aliphatic carboxylic acids is 1. The summed E-state index contributed by atoms with van der Waals surface area (Å²) in [6, 6.07) is -1.42. The summed E-state index contributed by atoms with van der Waals surface area (Å²) in [4.78, 5) is 26.0. The lowest BCUT2D eigenvalue weighted by molar-refractivity contribution is -0.140. The van der Waals surface area contributed by atoms with Crippen LogP contribution in [0.25, 0.3) is 0 Å². The van der Waals surface area contributed by atoms with Gasteiger partial charge >= 0.3 is 12.0 Å². The van der Waals surface area contributed by atoms with Crippen molar-refractivity contribution < 1.29 is 19.4 Å². The van der Waals surface area contributed by atoms with E-state index in [9.17, 15) is 9.59 Å². The molecule has 7 heteroatoms. The molecule has 0 aromatic heterocycles. The fourth-order valence-electron chi connectivity index (χ4n) is 1.33. The van der Waals surface area contributed by atoms with Gasteiger partial charge in [-0.2, -0.15) is 0 Å². The van der Waals surface area contributed by atoms with Gasteiger partial charge in [-0.1, -0.05) is 0 Å². The highest BCUT2D eigenvalue weighted by atomic mass is 16.5. The molecule has 2 amide bonds. The predicted octanol–water partition coefficient (Wildman–Crippen LogP) is -0.321. The van der Waals surface area contributed by atoms with E-state index < -0.39 is 18.0 Å². The van der Waals surface area contributed by atoms with E-state index in [4.69, 9.17) is 9.84 Å². The number of hydrogen-bond donors (Lipinski definition) is 2. The number of nitrogens with one attached hydrogen (secondary N) is 1. The van der Waals surface area contributed by atoms with Crippen LogP contribution in [0.5, 0.6) is 0 Å². The van der Waals surface area contributed by atoms with Crippen molar-refractivity contribution in [3.8, 4) is 0 Å². The zero-order valence-corrected chi connectivity index (χ0v) is 11.5. The molecule has 0 saturated carbocycles. The van der Waals surface area contributed by atoms with Gasteiger partial charge in [-0.05, 0) is 27.1 Å². The van der Waals surface area contributed by atoms with Gasteiger partial charge in [0.2, 0.25) is 0 Å². The number of hydrogen-bond acceptors (Lipinski definition) is 4. The van der Waals surface area contributed by atoms with Gasteiger partial charge in [-0.3, -0.25) is 0 Å². The largest absolute Gasteiger partial charge is 0.480 e. The standard InChI is InChI=1S/C11H23N3O4/c1-13(2)6-5-7-14(3)11(17)12-9(8-18-4)10(15)16/h9H,5-8H2,1-4H3,(H,12,17)(H,15,16). The van der Waals surface area contributed by atoms with E-state index in [1.165, 1.54) is 12.0 Å². The van der Waals surface area contributed by atoms with E-state index in [2.05, 4.69) is 5.32 Å². The van der Waals surface area contributed by atoms with Gasteiger partial charge in [0.15, 0.2) is 6.04 Å². The molecule has 0 saturated heterocycles. The third kappa shape index (κ3) is 7.08. The molecule has 0 aliphatic heterocycles. The van der Waals surface area contributed by atoms with Crippen molar-refractivity contribution in [3.63, 3.8) is 0 Å². The smallest absolute Gasteiger partial charge is 0.328 e. The Hall–Kier alpha value is -1.34. The highest BCUT2D eigenvalue weighted by molar-refractivity contribution is 5.82. The molecule has 7 nitrogen and oxygen atoms in total. The van der Waals surface area contributed by atoms with Gasteiger partial charge in [-0.15, -0.1) is 0 Å². The molecule has 1 unspecified atom stereocenters. The zero-order chi connectivity index (χ0) is 14.1. The van der Waals surface area contributed by atoms with Crippen molar-refractivity contribution in [2.75, 3.05) is 47.9 Å². The number of amides is 2. The summed E-state index contributed by atoms with van der Waals surface area (Å²) in [5, 5.41) is 11.3. The van der Waals surface area contributed by atoms with Crippen LogP contribution in [0.2, 0.25) is 0 Å². The number of urea groups is 1. The Morgan fingerprint density at radius 3 is 2.33 bits per heavy atom. The number of carboxylic acids is 1. The molecule has 0 spiro atoms. The maximum atomic E-state index is 11.7. The van der Waals surface area contributed by atoms with E-state index >= 15 is 0 Å². The van der Waals surface area contributed by atoms with Crippen molar-refractivity contribution >= 4 is 12.0 Å². The van der Waals surface area contributed by atoms with Crippen LogP contribution in [0.1, 0.15) is 6.42 Å². The zero-order valence-electron chi connectivity index (χ0n) is 11.5. The molecule has 2 N–H and O–H groups in total. The number of ether oxygens (including phenoxy) is 1. The van der Waals surface area contributed by atoms with E-state index in [1.54, 1.807) is 7.05 Å². The van der Waals surface area contributed by atoms with Gasteiger partial charge in [-0.25, -0.2) is 9.59 Å². The predicted molar refractivity (Wildman–Crippen MR) is 67.6 cm³/mol. The van der Waals surface area contributed by atoms with Gasteiger partial charge in [0.25, 0.3) is 0 Å². The summed E-state index contributed by atoms with van der Waals surface area (Å²) < 4.78 is 4.74. The number of nitrogens with zero attached hydrogens (tertiary/aromatic N) is 2. The molecule has 0 heterocycles. The van der Waals surface area contributed by atoms with Crippen molar-refractivity contribution in [2.24, 2.45) is 0 Å².